The van der Waals surface area contributed by atoms with Crippen molar-refractivity contribution in [3.8, 4) is 0 Å². The molecular weight excluding hydrogens is 276 g/mol. The third kappa shape index (κ3) is 3.21. The summed E-state index contributed by atoms with van der Waals surface area (Å²) in [6.07, 6.45) is 4.98. The minimum atomic E-state index is -0.898. The van der Waals surface area contributed by atoms with Crippen LogP contribution in [0.3, 0.4) is 0 Å². The Morgan fingerprint density at radius 3 is 2.45 bits per heavy atom. The summed E-state index contributed by atoms with van der Waals surface area (Å²) in [6.45, 7) is 1.51. The van der Waals surface area contributed by atoms with Crippen molar-refractivity contribution in [2.24, 2.45) is 0 Å². The first-order chi connectivity index (χ1) is 9.42. The number of carbonyl (C=O) groups is 2. The third-order valence-electron chi connectivity index (χ3n) is 3.95. The molecule has 1 aliphatic rings. The predicted octanol–water partition coefficient (Wildman–Crippen LogP) is 3.91. The molecule has 0 aromatic heterocycles. The number of ketones is 1. The number of rotatable bonds is 4. The molecule has 4 heteroatoms. The van der Waals surface area contributed by atoms with Crippen LogP contribution >= 0.6 is 11.6 Å². The van der Waals surface area contributed by atoms with Crippen molar-refractivity contribution in [3.05, 3.63) is 34.9 Å². The first-order valence-corrected chi connectivity index (χ1v) is 7.35. The molecule has 0 radical (unpaired) electrons. The van der Waals surface area contributed by atoms with Crippen molar-refractivity contribution < 1.29 is 14.7 Å². The molecule has 0 aliphatic heterocycles. The van der Waals surface area contributed by atoms with Crippen molar-refractivity contribution in [2.45, 2.75) is 50.3 Å². The van der Waals surface area contributed by atoms with E-state index in [1.807, 2.05) is 6.07 Å². The average Bonchev–Trinajstić information content (AvgIpc) is 2.38. The number of carboxylic acids is 1. The van der Waals surface area contributed by atoms with E-state index in [1.54, 1.807) is 12.1 Å². The summed E-state index contributed by atoms with van der Waals surface area (Å²) in [5.74, 6) is -0.955. The molecule has 1 aliphatic carbocycles. The topological polar surface area (TPSA) is 54.4 Å². The van der Waals surface area contributed by atoms with Crippen LogP contribution < -0.4 is 0 Å². The van der Waals surface area contributed by atoms with E-state index < -0.39 is 10.8 Å². The normalized spacial score (nSPS) is 17.7. The molecule has 1 fully saturated rings. The summed E-state index contributed by atoms with van der Waals surface area (Å²) in [5, 5.41) is 8.85. The SMILES string of the molecule is CC(=O)c1cc(CC(=O)O)ccc1C1(Cl)CCCCC1. The zero-order valence-corrected chi connectivity index (χ0v) is 12.4. The van der Waals surface area contributed by atoms with Gasteiger partial charge in [0.1, 0.15) is 0 Å². The largest absolute Gasteiger partial charge is 0.481 e. The van der Waals surface area contributed by atoms with Gasteiger partial charge >= 0.3 is 5.97 Å². The van der Waals surface area contributed by atoms with Crippen LogP contribution in [0.5, 0.6) is 0 Å². The summed E-state index contributed by atoms with van der Waals surface area (Å²) >= 11 is 6.74. The van der Waals surface area contributed by atoms with E-state index in [4.69, 9.17) is 16.7 Å². The van der Waals surface area contributed by atoms with Gasteiger partial charge in [-0.3, -0.25) is 9.59 Å². The minimum absolute atomic E-state index is 0.0576. The number of halogens is 1. The van der Waals surface area contributed by atoms with Crippen LogP contribution in [0.4, 0.5) is 0 Å². The van der Waals surface area contributed by atoms with E-state index in [0.717, 1.165) is 31.2 Å². The molecule has 2 rings (SSSR count). The van der Waals surface area contributed by atoms with Crippen molar-refractivity contribution in [3.63, 3.8) is 0 Å². The zero-order valence-electron chi connectivity index (χ0n) is 11.6. The summed E-state index contributed by atoms with van der Waals surface area (Å²) in [4.78, 5) is 22.2. The second kappa shape index (κ2) is 5.96. The summed E-state index contributed by atoms with van der Waals surface area (Å²) < 4.78 is 0. The van der Waals surface area contributed by atoms with E-state index in [2.05, 4.69) is 0 Å². The number of hydrogen-bond acceptors (Lipinski definition) is 2. The smallest absolute Gasteiger partial charge is 0.307 e. The first-order valence-electron chi connectivity index (χ1n) is 6.97. The molecule has 108 valence electrons. The molecule has 20 heavy (non-hydrogen) atoms. The Morgan fingerprint density at radius 2 is 1.90 bits per heavy atom. The van der Waals surface area contributed by atoms with Crippen LogP contribution in [0.15, 0.2) is 18.2 Å². The number of carbonyl (C=O) groups excluding carboxylic acids is 1. The summed E-state index contributed by atoms with van der Waals surface area (Å²) in [6, 6.07) is 5.30. The number of hydrogen-bond donors (Lipinski definition) is 1. The molecule has 0 saturated heterocycles. The fourth-order valence-corrected chi connectivity index (χ4v) is 3.37. The molecule has 1 saturated carbocycles. The predicted molar refractivity (Wildman–Crippen MR) is 78.4 cm³/mol. The van der Waals surface area contributed by atoms with Gasteiger partial charge in [-0.15, -0.1) is 11.6 Å². The molecular formula is C16H19ClO3. The van der Waals surface area contributed by atoms with Gasteiger partial charge in [0.25, 0.3) is 0 Å². The third-order valence-corrected chi connectivity index (χ3v) is 4.53. The van der Waals surface area contributed by atoms with Crippen LogP contribution in [0, 0.1) is 0 Å². The Bertz CT molecular complexity index is 531. The fourth-order valence-electron chi connectivity index (χ4n) is 2.94. The van der Waals surface area contributed by atoms with E-state index in [1.165, 1.54) is 13.3 Å². The molecule has 0 heterocycles. The Kier molecular flexibility index (Phi) is 4.48. The maximum atomic E-state index is 11.9. The lowest BCUT2D eigenvalue weighted by Gasteiger charge is -2.33. The van der Waals surface area contributed by atoms with E-state index in [-0.39, 0.29) is 12.2 Å². The Hall–Kier alpha value is -1.35. The highest BCUT2D eigenvalue weighted by molar-refractivity contribution is 6.24. The zero-order chi connectivity index (χ0) is 14.8. The summed E-state index contributed by atoms with van der Waals surface area (Å²) in [5.41, 5.74) is 2.07. The molecule has 0 unspecified atom stereocenters. The molecule has 0 bridgehead atoms. The highest BCUT2D eigenvalue weighted by atomic mass is 35.5. The van der Waals surface area contributed by atoms with Gasteiger partial charge < -0.3 is 5.11 Å². The number of Topliss-reactive ketones (excluding diaryl/α,β-unsaturated/α-hetero) is 1. The minimum Gasteiger partial charge on any atom is -0.481 e. The monoisotopic (exact) mass is 294 g/mol. The molecule has 1 aromatic rings. The van der Waals surface area contributed by atoms with Crippen LogP contribution in [0.1, 0.15) is 60.5 Å². The molecule has 1 N–H and O–H groups in total. The Labute approximate surface area is 123 Å². The molecule has 0 amide bonds. The number of benzene rings is 1. The van der Waals surface area contributed by atoms with Gasteiger partial charge in [-0.2, -0.15) is 0 Å². The van der Waals surface area contributed by atoms with Gasteiger partial charge in [0.15, 0.2) is 5.78 Å². The fraction of sp³-hybridized carbons (Fsp3) is 0.500. The number of aliphatic carboxylic acids is 1. The standard InChI is InChI=1S/C16H19ClO3/c1-11(18)13-9-12(10-15(19)20)5-6-14(13)16(17)7-3-2-4-8-16/h5-6,9H,2-4,7-8,10H2,1H3,(H,19,20). The van der Waals surface area contributed by atoms with Crippen molar-refractivity contribution >= 4 is 23.4 Å². The van der Waals surface area contributed by atoms with Gasteiger partial charge in [-0.25, -0.2) is 0 Å². The van der Waals surface area contributed by atoms with Crippen molar-refractivity contribution in [1.29, 1.82) is 0 Å². The van der Waals surface area contributed by atoms with Gasteiger partial charge in [0.2, 0.25) is 0 Å². The number of carboxylic acid groups (broad SMARTS) is 1. The van der Waals surface area contributed by atoms with Crippen LogP contribution in [-0.2, 0) is 16.1 Å². The Balaban J connectivity index is 2.42. The summed E-state index contributed by atoms with van der Waals surface area (Å²) in [7, 11) is 0. The highest BCUT2D eigenvalue weighted by Crippen LogP contribution is 2.44. The van der Waals surface area contributed by atoms with E-state index >= 15 is 0 Å². The lowest BCUT2D eigenvalue weighted by atomic mass is 9.80. The second-order valence-electron chi connectivity index (χ2n) is 5.53. The maximum Gasteiger partial charge on any atom is 0.307 e. The molecule has 0 spiro atoms. The van der Waals surface area contributed by atoms with Crippen LogP contribution in [-0.4, -0.2) is 16.9 Å². The lowest BCUT2D eigenvalue weighted by molar-refractivity contribution is -0.136. The van der Waals surface area contributed by atoms with Gasteiger partial charge in [0, 0.05) is 5.56 Å². The number of alkyl halides is 1. The highest BCUT2D eigenvalue weighted by Gasteiger charge is 2.34. The average molecular weight is 295 g/mol. The van der Waals surface area contributed by atoms with E-state index in [9.17, 15) is 9.59 Å². The van der Waals surface area contributed by atoms with Crippen LogP contribution in [0.25, 0.3) is 0 Å². The molecule has 3 nitrogen and oxygen atoms in total. The van der Waals surface area contributed by atoms with Gasteiger partial charge in [-0.1, -0.05) is 31.4 Å². The molecule has 1 aromatic carbocycles. The Morgan fingerprint density at radius 1 is 1.25 bits per heavy atom. The maximum absolute atomic E-state index is 11.9. The second-order valence-corrected chi connectivity index (χ2v) is 6.26. The van der Waals surface area contributed by atoms with E-state index in [0.29, 0.717) is 11.1 Å². The quantitative estimate of drug-likeness (QED) is 0.676. The first kappa shape index (κ1) is 15.0. The van der Waals surface area contributed by atoms with Crippen molar-refractivity contribution in [2.75, 3.05) is 0 Å². The molecule has 0 atom stereocenters. The van der Waals surface area contributed by atoms with Crippen LogP contribution in [0.2, 0.25) is 0 Å². The van der Waals surface area contributed by atoms with Crippen molar-refractivity contribution in [1.82, 2.24) is 0 Å². The van der Waals surface area contributed by atoms with Gasteiger partial charge in [0.05, 0.1) is 11.3 Å². The lowest BCUT2D eigenvalue weighted by Crippen LogP contribution is -2.25. The van der Waals surface area contributed by atoms with Gasteiger partial charge in [-0.05, 0) is 37.0 Å².